The largest absolute Gasteiger partial charge is 0.350 e. The number of nitrogens with zero attached hydrogens (tertiary/aromatic N) is 1. The third-order valence-corrected chi connectivity index (χ3v) is 6.32. The molecule has 2 atom stereocenters. The number of carbonyl (C=O) groups excluding carboxylic acids is 1. The van der Waals surface area contributed by atoms with Crippen LogP contribution < -0.4 is 5.32 Å². The van der Waals surface area contributed by atoms with E-state index in [1.807, 2.05) is 12.1 Å². The van der Waals surface area contributed by atoms with Gasteiger partial charge in [-0.15, -0.1) is 0 Å². The van der Waals surface area contributed by atoms with Crippen LogP contribution in [-0.4, -0.2) is 43.5 Å². The highest BCUT2D eigenvalue weighted by Crippen LogP contribution is 2.21. The number of amides is 1. The lowest BCUT2D eigenvalue weighted by molar-refractivity contribution is -0.128. The highest BCUT2D eigenvalue weighted by molar-refractivity contribution is 7.88. The summed E-state index contributed by atoms with van der Waals surface area (Å²) in [5.41, 5.74) is 1.83. The lowest BCUT2D eigenvalue weighted by Gasteiger charge is -2.38. The molecule has 1 amide bonds. The fraction of sp³-hybridized carbons (Fsp3) is 0.316. The number of nitrogens with one attached hydrogen (secondary N) is 1. The van der Waals surface area contributed by atoms with Crippen molar-refractivity contribution in [1.29, 1.82) is 0 Å². The molecule has 8 heteroatoms. The summed E-state index contributed by atoms with van der Waals surface area (Å²) in [6.45, 7) is 0.228. The van der Waals surface area contributed by atoms with Gasteiger partial charge in [-0.2, -0.15) is 4.31 Å². The molecular weight excluding hydrogens is 407 g/mol. The Kier molecular flexibility index (Phi) is 6.11. The zero-order valence-corrected chi connectivity index (χ0v) is 17.1. The highest BCUT2D eigenvalue weighted by atomic mass is 35.5. The Labute approximate surface area is 169 Å². The molecule has 1 fully saturated rings. The van der Waals surface area contributed by atoms with E-state index in [1.54, 1.807) is 36.4 Å². The van der Waals surface area contributed by atoms with Crippen molar-refractivity contribution in [2.75, 3.05) is 12.8 Å². The maximum atomic E-state index is 12.7. The molecule has 3 rings (SSSR count). The molecule has 0 saturated carbocycles. The molecule has 2 aromatic carbocycles. The van der Waals surface area contributed by atoms with E-state index in [9.17, 15) is 13.2 Å². The molecule has 144 valence electrons. The summed E-state index contributed by atoms with van der Waals surface area (Å²) in [5.74, 6) is -0.291. The molecule has 1 aliphatic rings. The summed E-state index contributed by atoms with van der Waals surface area (Å²) in [4.78, 5) is 12.7. The van der Waals surface area contributed by atoms with Crippen molar-refractivity contribution in [1.82, 2.24) is 9.62 Å². The Balaban J connectivity index is 1.78. The zero-order chi connectivity index (χ0) is 19.6. The van der Waals surface area contributed by atoms with Crippen LogP contribution in [0.2, 0.25) is 10.0 Å². The van der Waals surface area contributed by atoms with Gasteiger partial charge in [-0.3, -0.25) is 4.79 Å². The van der Waals surface area contributed by atoms with Crippen molar-refractivity contribution < 1.29 is 13.2 Å². The molecule has 27 heavy (non-hydrogen) atoms. The number of rotatable bonds is 5. The summed E-state index contributed by atoms with van der Waals surface area (Å²) in [6.07, 6.45) is 1.96. The molecular formula is C19H20Cl2N2O3S. The average Bonchev–Trinajstić information content (AvgIpc) is 2.60. The van der Waals surface area contributed by atoms with Crippen LogP contribution in [0.15, 0.2) is 48.5 Å². The first-order valence-corrected chi connectivity index (χ1v) is 11.1. The second-order valence-corrected chi connectivity index (χ2v) is 9.52. The minimum absolute atomic E-state index is 0.228. The lowest BCUT2D eigenvalue weighted by atomic mass is 9.99. The fourth-order valence-corrected chi connectivity index (χ4v) is 4.58. The number of hydrogen-bond donors (Lipinski definition) is 1. The summed E-state index contributed by atoms with van der Waals surface area (Å²) in [6, 6.07) is 13.3. The van der Waals surface area contributed by atoms with Crippen LogP contribution in [0.1, 0.15) is 11.1 Å². The summed E-state index contributed by atoms with van der Waals surface area (Å²) in [7, 11) is -3.54. The van der Waals surface area contributed by atoms with Crippen LogP contribution in [0.5, 0.6) is 0 Å². The third kappa shape index (κ3) is 5.23. The Hall–Kier alpha value is -1.60. The predicted octanol–water partition coefficient (Wildman–Crippen LogP) is 2.91. The first kappa shape index (κ1) is 20.1. The second-order valence-electron chi connectivity index (χ2n) is 6.72. The minimum Gasteiger partial charge on any atom is -0.350 e. The van der Waals surface area contributed by atoms with E-state index in [4.69, 9.17) is 23.2 Å². The number of carbonyl (C=O) groups is 1. The summed E-state index contributed by atoms with van der Waals surface area (Å²) < 4.78 is 26.0. The van der Waals surface area contributed by atoms with Gasteiger partial charge < -0.3 is 5.32 Å². The minimum atomic E-state index is -3.54. The molecule has 0 spiro atoms. The van der Waals surface area contributed by atoms with Crippen molar-refractivity contribution >= 4 is 39.1 Å². The van der Waals surface area contributed by atoms with Gasteiger partial charge in [0.05, 0.1) is 6.26 Å². The van der Waals surface area contributed by atoms with E-state index in [-0.39, 0.29) is 18.5 Å². The highest BCUT2D eigenvalue weighted by Gasteiger charge is 2.39. The van der Waals surface area contributed by atoms with Crippen LogP contribution in [0, 0.1) is 0 Å². The van der Waals surface area contributed by atoms with E-state index >= 15 is 0 Å². The molecule has 0 aliphatic carbocycles. The molecule has 1 aliphatic heterocycles. The normalized spacial score (nSPS) is 21.1. The SMILES string of the molecule is CS(=O)(=O)N1C[C@H](Cc2ccc(Cl)cc2)NC(=O)C1Cc1ccc(Cl)cc1. The van der Waals surface area contributed by atoms with Crippen molar-refractivity contribution in [2.45, 2.75) is 24.9 Å². The molecule has 1 saturated heterocycles. The fourth-order valence-electron chi connectivity index (χ4n) is 3.24. The van der Waals surface area contributed by atoms with Crippen LogP contribution >= 0.6 is 23.2 Å². The lowest BCUT2D eigenvalue weighted by Crippen LogP contribution is -2.62. The topological polar surface area (TPSA) is 66.5 Å². The standard InChI is InChI=1S/C19H20Cl2N2O3S/c1-27(25,26)23-12-17(10-13-2-6-15(20)7-3-13)22-19(24)18(23)11-14-4-8-16(21)9-5-14/h2-9,17-18H,10-12H2,1H3,(H,22,24)/t17-,18?/m0/s1. The first-order valence-electron chi connectivity index (χ1n) is 8.48. The third-order valence-electron chi connectivity index (χ3n) is 4.56. The van der Waals surface area contributed by atoms with Gasteiger partial charge >= 0.3 is 0 Å². The molecule has 1 N–H and O–H groups in total. The van der Waals surface area contributed by atoms with Gasteiger partial charge in [-0.25, -0.2) is 8.42 Å². The van der Waals surface area contributed by atoms with Gasteiger partial charge in [0.2, 0.25) is 15.9 Å². The quantitative estimate of drug-likeness (QED) is 0.798. The van der Waals surface area contributed by atoms with Gasteiger partial charge in [0, 0.05) is 22.6 Å². The zero-order valence-electron chi connectivity index (χ0n) is 14.7. The number of piperazine rings is 1. The Morgan fingerprint density at radius 1 is 0.963 bits per heavy atom. The van der Waals surface area contributed by atoms with Gasteiger partial charge in [0.25, 0.3) is 0 Å². The van der Waals surface area contributed by atoms with Crippen LogP contribution in [-0.2, 0) is 27.7 Å². The van der Waals surface area contributed by atoms with E-state index in [1.165, 1.54) is 4.31 Å². The Morgan fingerprint density at radius 2 is 1.44 bits per heavy atom. The summed E-state index contributed by atoms with van der Waals surface area (Å²) in [5, 5.41) is 4.18. The van der Waals surface area contributed by atoms with Gasteiger partial charge in [-0.1, -0.05) is 47.5 Å². The van der Waals surface area contributed by atoms with Crippen molar-refractivity contribution in [3.8, 4) is 0 Å². The van der Waals surface area contributed by atoms with Crippen molar-refractivity contribution in [3.63, 3.8) is 0 Å². The maximum Gasteiger partial charge on any atom is 0.239 e. The van der Waals surface area contributed by atoms with E-state index in [0.29, 0.717) is 22.9 Å². The van der Waals surface area contributed by atoms with Gasteiger partial charge in [-0.05, 0) is 48.2 Å². The van der Waals surface area contributed by atoms with Crippen molar-refractivity contribution in [3.05, 3.63) is 69.7 Å². The number of benzene rings is 2. The van der Waals surface area contributed by atoms with Crippen molar-refractivity contribution in [2.24, 2.45) is 0 Å². The maximum absolute atomic E-state index is 12.7. The molecule has 5 nitrogen and oxygen atoms in total. The smallest absolute Gasteiger partial charge is 0.239 e. The van der Waals surface area contributed by atoms with Crippen LogP contribution in [0.3, 0.4) is 0 Å². The van der Waals surface area contributed by atoms with E-state index < -0.39 is 16.1 Å². The summed E-state index contributed by atoms with van der Waals surface area (Å²) >= 11 is 11.8. The average molecular weight is 427 g/mol. The Morgan fingerprint density at radius 3 is 1.93 bits per heavy atom. The number of sulfonamides is 1. The first-order chi connectivity index (χ1) is 12.7. The molecule has 0 bridgehead atoms. The number of halogens is 2. The predicted molar refractivity (Wildman–Crippen MR) is 108 cm³/mol. The molecule has 0 aromatic heterocycles. The molecule has 0 radical (unpaired) electrons. The molecule has 1 unspecified atom stereocenters. The number of hydrogen-bond acceptors (Lipinski definition) is 3. The van der Waals surface area contributed by atoms with Crippen LogP contribution in [0.25, 0.3) is 0 Å². The monoisotopic (exact) mass is 426 g/mol. The second kappa shape index (κ2) is 8.19. The van der Waals surface area contributed by atoms with Gasteiger partial charge in [0.1, 0.15) is 6.04 Å². The molecule has 1 heterocycles. The van der Waals surface area contributed by atoms with E-state index in [2.05, 4.69) is 5.32 Å². The van der Waals surface area contributed by atoms with Gasteiger partial charge in [0.15, 0.2) is 0 Å². The Bertz CT molecular complexity index is 915. The van der Waals surface area contributed by atoms with E-state index in [0.717, 1.165) is 17.4 Å². The molecule has 2 aromatic rings. The van der Waals surface area contributed by atoms with Crippen LogP contribution in [0.4, 0.5) is 0 Å².